The molecule has 3 rings (SSSR count). The lowest BCUT2D eigenvalue weighted by Gasteiger charge is -2.13. The second-order valence-corrected chi connectivity index (χ2v) is 7.60. The van der Waals surface area contributed by atoms with E-state index in [2.05, 4.69) is 5.32 Å². The number of halogens is 5. The Kier molecular flexibility index (Phi) is 6.73. The van der Waals surface area contributed by atoms with Crippen LogP contribution in [0.2, 0.25) is 5.02 Å². The van der Waals surface area contributed by atoms with Crippen LogP contribution in [0.3, 0.4) is 0 Å². The molecule has 1 N–H and O–H groups in total. The predicted molar refractivity (Wildman–Crippen MR) is 109 cm³/mol. The number of carbonyl (C=O) groups is 1. The number of amides is 1. The highest BCUT2D eigenvalue weighted by molar-refractivity contribution is 8.00. The van der Waals surface area contributed by atoms with E-state index in [1.54, 1.807) is 30.3 Å². The van der Waals surface area contributed by atoms with Crippen LogP contribution >= 0.6 is 23.4 Å². The Bertz CT molecular complexity index is 1160. The van der Waals surface area contributed by atoms with Crippen LogP contribution in [0.5, 0.6) is 11.5 Å². The summed E-state index contributed by atoms with van der Waals surface area (Å²) in [5.41, 5.74) is -5.05. The van der Waals surface area contributed by atoms with Gasteiger partial charge in [-0.25, -0.2) is 4.39 Å². The molecule has 3 aromatic rings. The molecule has 0 fully saturated rings. The van der Waals surface area contributed by atoms with Crippen molar-refractivity contribution in [2.45, 2.75) is 10.4 Å². The number of nitriles is 1. The molecular weight excluding hydrogens is 456 g/mol. The second kappa shape index (κ2) is 9.29. The normalized spacial score (nSPS) is 11.0. The highest BCUT2D eigenvalue weighted by atomic mass is 35.5. The van der Waals surface area contributed by atoms with Crippen molar-refractivity contribution < 1.29 is 27.1 Å². The predicted octanol–water partition coefficient (Wildman–Crippen LogP) is 7.01. The number of nitrogens with one attached hydrogen (secondary N) is 1. The topological polar surface area (TPSA) is 62.1 Å². The molecule has 31 heavy (non-hydrogen) atoms. The van der Waals surface area contributed by atoms with Gasteiger partial charge in [0.15, 0.2) is 0 Å². The first-order chi connectivity index (χ1) is 14.6. The number of benzene rings is 3. The minimum atomic E-state index is -4.64. The van der Waals surface area contributed by atoms with Gasteiger partial charge in [0.05, 0.1) is 17.2 Å². The van der Waals surface area contributed by atoms with Crippen LogP contribution in [0, 0.1) is 17.1 Å². The van der Waals surface area contributed by atoms with Crippen molar-refractivity contribution in [3.63, 3.8) is 0 Å². The minimum absolute atomic E-state index is 0.00248. The zero-order valence-electron chi connectivity index (χ0n) is 15.3. The number of anilines is 1. The third-order valence-corrected chi connectivity index (χ3v) is 4.82. The van der Waals surface area contributed by atoms with E-state index in [9.17, 15) is 22.4 Å². The van der Waals surface area contributed by atoms with Crippen molar-refractivity contribution in [2.75, 3.05) is 5.32 Å². The molecule has 0 aliphatic rings. The molecule has 0 radical (unpaired) electrons. The molecule has 0 aliphatic carbocycles. The van der Waals surface area contributed by atoms with Gasteiger partial charge in [-0.15, -0.1) is 0 Å². The summed E-state index contributed by atoms with van der Waals surface area (Å²) in [6.45, 7) is 0. The molecule has 0 unspecified atom stereocenters. The van der Waals surface area contributed by atoms with E-state index in [4.69, 9.17) is 21.6 Å². The fraction of sp³-hybridized carbons (Fsp3) is 0.0476. The summed E-state index contributed by atoms with van der Waals surface area (Å²) in [5.74, 6) is -1.27. The van der Waals surface area contributed by atoms with E-state index in [0.717, 1.165) is 24.3 Å². The molecule has 10 heteroatoms. The summed E-state index contributed by atoms with van der Waals surface area (Å²) in [7, 11) is 0. The lowest BCUT2D eigenvalue weighted by Crippen LogP contribution is -2.14. The third kappa shape index (κ3) is 6.38. The van der Waals surface area contributed by atoms with E-state index in [0.29, 0.717) is 10.8 Å². The molecule has 0 bridgehead atoms. The molecule has 0 aliphatic heterocycles. The Morgan fingerprint density at radius 2 is 1.74 bits per heavy atom. The lowest BCUT2D eigenvalue weighted by molar-refractivity contribution is -0.0328. The van der Waals surface area contributed by atoms with Gasteiger partial charge in [-0.3, -0.25) is 4.79 Å². The number of nitrogens with zero attached hydrogens (tertiary/aromatic N) is 1. The third-order valence-electron chi connectivity index (χ3n) is 3.76. The summed E-state index contributed by atoms with van der Waals surface area (Å²) in [6.07, 6.45) is 0. The lowest BCUT2D eigenvalue weighted by atomic mass is 10.1. The number of hydrogen-bond acceptors (Lipinski definition) is 4. The average Bonchev–Trinajstić information content (AvgIpc) is 2.68. The SMILES string of the molecule is N#Cc1ccc(SC(F)(F)F)c(C(=O)Nc2cc(F)cc(Oc3ccc(Cl)cc3)c2)c1. The Hall–Kier alpha value is -3.22. The van der Waals surface area contributed by atoms with Crippen LogP contribution in [-0.4, -0.2) is 11.4 Å². The van der Waals surface area contributed by atoms with Gasteiger partial charge in [0, 0.05) is 27.7 Å². The van der Waals surface area contributed by atoms with E-state index in [-0.39, 0.29) is 22.6 Å². The van der Waals surface area contributed by atoms with E-state index in [1.807, 2.05) is 0 Å². The highest BCUT2D eigenvalue weighted by Crippen LogP contribution is 2.39. The Morgan fingerprint density at radius 3 is 2.39 bits per heavy atom. The first kappa shape index (κ1) is 22.5. The van der Waals surface area contributed by atoms with Crippen molar-refractivity contribution in [1.29, 1.82) is 5.26 Å². The zero-order chi connectivity index (χ0) is 22.6. The number of alkyl halides is 3. The fourth-order valence-electron chi connectivity index (χ4n) is 2.52. The molecule has 3 aromatic carbocycles. The molecule has 0 saturated heterocycles. The van der Waals surface area contributed by atoms with Crippen molar-refractivity contribution in [3.8, 4) is 17.6 Å². The second-order valence-electron chi connectivity index (χ2n) is 6.06. The number of carbonyl (C=O) groups excluding carboxylic acids is 1. The minimum Gasteiger partial charge on any atom is -0.457 e. The van der Waals surface area contributed by atoms with Gasteiger partial charge >= 0.3 is 5.51 Å². The van der Waals surface area contributed by atoms with Crippen LogP contribution in [0.1, 0.15) is 15.9 Å². The molecule has 0 saturated carbocycles. The molecule has 158 valence electrons. The van der Waals surface area contributed by atoms with Crippen molar-refractivity contribution in [3.05, 3.63) is 82.6 Å². The van der Waals surface area contributed by atoms with Gasteiger partial charge in [0.1, 0.15) is 17.3 Å². The maximum atomic E-state index is 14.0. The maximum absolute atomic E-state index is 14.0. The van der Waals surface area contributed by atoms with E-state index in [1.165, 1.54) is 12.1 Å². The van der Waals surface area contributed by atoms with Crippen LogP contribution < -0.4 is 10.1 Å². The van der Waals surface area contributed by atoms with Gasteiger partial charge in [-0.05, 0) is 60.3 Å². The molecule has 0 aromatic heterocycles. The number of thioether (sulfide) groups is 1. The van der Waals surface area contributed by atoms with Crippen molar-refractivity contribution >= 4 is 35.0 Å². The van der Waals surface area contributed by atoms with E-state index < -0.39 is 33.9 Å². The Balaban J connectivity index is 1.87. The monoisotopic (exact) mass is 466 g/mol. The molecule has 0 spiro atoms. The van der Waals surface area contributed by atoms with Gasteiger partial charge in [-0.2, -0.15) is 18.4 Å². The smallest absolute Gasteiger partial charge is 0.446 e. The Morgan fingerprint density at radius 1 is 1.03 bits per heavy atom. The summed E-state index contributed by atoms with van der Waals surface area (Å²) in [4.78, 5) is 12.2. The number of rotatable bonds is 5. The number of ether oxygens (including phenoxy) is 1. The molecule has 4 nitrogen and oxygen atoms in total. The zero-order valence-corrected chi connectivity index (χ0v) is 16.9. The highest BCUT2D eigenvalue weighted by Gasteiger charge is 2.31. The first-order valence-corrected chi connectivity index (χ1v) is 9.68. The van der Waals surface area contributed by atoms with Crippen molar-refractivity contribution in [1.82, 2.24) is 0 Å². The quantitative estimate of drug-likeness (QED) is 0.324. The molecule has 0 atom stereocenters. The van der Waals surface area contributed by atoms with Gasteiger partial charge in [0.25, 0.3) is 5.91 Å². The standard InChI is InChI=1S/C21H11ClF4N2O2S/c22-13-2-4-16(5-3-13)30-17-9-14(23)8-15(10-17)28-20(29)18-7-12(11-27)1-6-19(18)31-21(24,25)26/h1-10H,(H,28,29). The van der Waals surface area contributed by atoms with Crippen molar-refractivity contribution in [2.24, 2.45) is 0 Å². The van der Waals surface area contributed by atoms with Gasteiger partial charge < -0.3 is 10.1 Å². The fourth-order valence-corrected chi connectivity index (χ4v) is 3.29. The van der Waals surface area contributed by atoms with Crippen LogP contribution in [0.4, 0.5) is 23.2 Å². The maximum Gasteiger partial charge on any atom is 0.446 e. The summed E-state index contributed by atoms with van der Waals surface area (Å²) in [5, 5.41) is 11.8. The average molecular weight is 467 g/mol. The largest absolute Gasteiger partial charge is 0.457 e. The molecule has 1 amide bonds. The van der Waals surface area contributed by atoms with Crippen LogP contribution in [-0.2, 0) is 0 Å². The summed E-state index contributed by atoms with van der Waals surface area (Å²) >= 11 is 5.31. The molecular formula is C21H11ClF4N2O2S. The van der Waals surface area contributed by atoms with Crippen LogP contribution in [0.25, 0.3) is 0 Å². The number of hydrogen-bond donors (Lipinski definition) is 1. The van der Waals surface area contributed by atoms with E-state index >= 15 is 0 Å². The Labute approximate surface area is 183 Å². The van der Waals surface area contributed by atoms with Crippen LogP contribution in [0.15, 0.2) is 65.6 Å². The molecule has 0 heterocycles. The summed E-state index contributed by atoms with van der Waals surface area (Å²) < 4.78 is 58.0. The summed E-state index contributed by atoms with van der Waals surface area (Å²) in [6, 6.07) is 14.6. The first-order valence-electron chi connectivity index (χ1n) is 8.48. The van der Waals surface area contributed by atoms with Gasteiger partial charge in [0.2, 0.25) is 0 Å². The van der Waals surface area contributed by atoms with Gasteiger partial charge in [-0.1, -0.05) is 11.6 Å².